The molecule has 2 N–H and O–H groups in total. The maximum Gasteiger partial charge on any atom is 0.111 e. The molecule has 1 aliphatic carbocycles. The normalized spacial score (nSPS) is 30.2. The van der Waals surface area contributed by atoms with Gasteiger partial charge >= 0.3 is 0 Å². The lowest BCUT2D eigenvalue weighted by Crippen LogP contribution is -2.35. The van der Waals surface area contributed by atoms with Gasteiger partial charge in [0, 0.05) is 6.04 Å². The van der Waals surface area contributed by atoms with Gasteiger partial charge in [-0.2, -0.15) is 0 Å². The topological polar surface area (TPSA) is 26.0 Å². The Kier molecular flexibility index (Phi) is 3.59. The van der Waals surface area contributed by atoms with Gasteiger partial charge in [0.05, 0.1) is 0 Å². The first-order valence-electron chi connectivity index (χ1n) is 6.16. The number of hydrogen-bond donors (Lipinski definition) is 1. The summed E-state index contributed by atoms with van der Waals surface area (Å²) >= 11 is 0. The van der Waals surface area contributed by atoms with E-state index in [2.05, 4.69) is 12.1 Å². The Hall–Kier alpha value is -0.890. The molecule has 0 aliphatic heterocycles. The fourth-order valence-corrected chi connectivity index (χ4v) is 2.42. The lowest BCUT2D eigenvalue weighted by atomic mass is 9.80. The molecule has 2 rings (SSSR count). The molecule has 1 aromatic rings. The number of benzene rings is 1. The molecule has 88 valence electrons. The van der Waals surface area contributed by atoms with E-state index in [-0.39, 0.29) is 6.04 Å². The molecule has 0 radical (unpaired) electrons. The van der Waals surface area contributed by atoms with Crippen LogP contribution in [0, 0.1) is 0 Å². The largest absolute Gasteiger partial charge is 0.328 e. The Morgan fingerprint density at radius 3 is 2.44 bits per heavy atom. The summed E-state index contributed by atoms with van der Waals surface area (Å²) < 4.78 is 14.4. The molecule has 1 aliphatic rings. The van der Waals surface area contributed by atoms with E-state index in [1.807, 2.05) is 18.2 Å². The van der Waals surface area contributed by atoms with Crippen LogP contribution < -0.4 is 5.73 Å². The van der Waals surface area contributed by atoms with E-state index in [0.717, 1.165) is 19.3 Å². The van der Waals surface area contributed by atoms with E-state index in [4.69, 9.17) is 5.73 Å². The lowest BCUT2D eigenvalue weighted by molar-refractivity contribution is 0.0894. The minimum atomic E-state index is -0.967. The fraction of sp³-hybridized carbons (Fsp3) is 0.571. The minimum absolute atomic E-state index is 0.223. The molecule has 1 nitrogen and oxygen atoms in total. The zero-order valence-electron chi connectivity index (χ0n) is 9.66. The van der Waals surface area contributed by atoms with Crippen LogP contribution in [0.3, 0.4) is 0 Å². The van der Waals surface area contributed by atoms with E-state index < -0.39 is 5.67 Å². The predicted octanol–water partition coefficient (Wildman–Crippen LogP) is 3.23. The molecule has 0 spiro atoms. The van der Waals surface area contributed by atoms with Gasteiger partial charge in [-0.05, 0) is 44.1 Å². The zero-order valence-corrected chi connectivity index (χ0v) is 9.66. The number of rotatable bonds is 3. The number of hydrogen-bond acceptors (Lipinski definition) is 1. The molecule has 0 bridgehead atoms. The summed E-state index contributed by atoms with van der Waals surface area (Å²) in [6, 6.07) is 10.4. The molecule has 2 heteroatoms. The molecule has 0 saturated heterocycles. The number of aryl methyl sites for hydroxylation is 1. The Balaban J connectivity index is 1.85. The molecule has 0 heterocycles. The zero-order chi connectivity index (χ0) is 11.4. The van der Waals surface area contributed by atoms with E-state index in [1.165, 1.54) is 5.56 Å². The van der Waals surface area contributed by atoms with Gasteiger partial charge in [0.15, 0.2) is 0 Å². The van der Waals surface area contributed by atoms with Gasteiger partial charge < -0.3 is 5.73 Å². The second-order valence-corrected chi connectivity index (χ2v) is 4.97. The van der Waals surface area contributed by atoms with Crippen molar-refractivity contribution >= 4 is 0 Å². The van der Waals surface area contributed by atoms with E-state index in [0.29, 0.717) is 19.3 Å². The van der Waals surface area contributed by atoms with Gasteiger partial charge in [-0.25, -0.2) is 4.39 Å². The second-order valence-electron chi connectivity index (χ2n) is 4.97. The summed E-state index contributed by atoms with van der Waals surface area (Å²) in [5.74, 6) is 0. The third kappa shape index (κ3) is 3.05. The van der Waals surface area contributed by atoms with Crippen molar-refractivity contribution in [3.8, 4) is 0 Å². The van der Waals surface area contributed by atoms with Crippen molar-refractivity contribution in [2.75, 3.05) is 0 Å². The molecule has 1 aromatic carbocycles. The maximum atomic E-state index is 14.4. The minimum Gasteiger partial charge on any atom is -0.328 e. The van der Waals surface area contributed by atoms with Crippen molar-refractivity contribution in [3.05, 3.63) is 35.9 Å². The molecule has 0 aromatic heterocycles. The van der Waals surface area contributed by atoms with Crippen molar-refractivity contribution in [1.29, 1.82) is 0 Å². The third-order valence-corrected chi connectivity index (χ3v) is 3.63. The number of alkyl halides is 1. The molecule has 0 amide bonds. The smallest absolute Gasteiger partial charge is 0.111 e. The van der Waals surface area contributed by atoms with Crippen LogP contribution in [0.25, 0.3) is 0 Å². The predicted molar refractivity (Wildman–Crippen MR) is 65.0 cm³/mol. The standard InChI is InChI=1S/C14H20FN/c15-14(10-7-13(16)8-11-14)9-6-12-4-2-1-3-5-12/h1-5,13H,6-11,16H2. The van der Waals surface area contributed by atoms with Gasteiger partial charge in [0.25, 0.3) is 0 Å². The van der Waals surface area contributed by atoms with Gasteiger partial charge in [-0.1, -0.05) is 30.3 Å². The van der Waals surface area contributed by atoms with Crippen molar-refractivity contribution < 1.29 is 4.39 Å². The third-order valence-electron chi connectivity index (χ3n) is 3.63. The van der Waals surface area contributed by atoms with Crippen LogP contribution in [-0.4, -0.2) is 11.7 Å². The summed E-state index contributed by atoms with van der Waals surface area (Å²) in [7, 11) is 0. The Morgan fingerprint density at radius 2 is 1.81 bits per heavy atom. The molecule has 1 fully saturated rings. The average molecular weight is 221 g/mol. The van der Waals surface area contributed by atoms with Gasteiger partial charge in [-0.3, -0.25) is 0 Å². The van der Waals surface area contributed by atoms with Crippen LogP contribution in [0.1, 0.15) is 37.7 Å². The van der Waals surface area contributed by atoms with Crippen LogP contribution in [0.4, 0.5) is 4.39 Å². The fourth-order valence-electron chi connectivity index (χ4n) is 2.42. The van der Waals surface area contributed by atoms with Gasteiger partial charge in [-0.15, -0.1) is 0 Å². The first-order valence-corrected chi connectivity index (χ1v) is 6.16. The quantitative estimate of drug-likeness (QED) is 0.833. The Morgan fingerprint density at radius 1 is 1.19 bits per heavy atom. The van der Waals surface area contributed by atoms with E-state index in [9.17, 15) is 4.39 Å². The monoisotopic (exact) mass is 221 g/mol. The highest BCUT2D eigenvalue weighted by molar-refractivity contribution is 5.15. The first kappa shape index (κ1) is 11.6. The van der Waals surface area contributed by atoms with E-state index in [1.54, 1.807) is 0 Å². The van der Waals surface area contributed by atoms with Crippen molar-refractivity contribution in [1.82, 2.24) is 0 Å². The molecule has 1 saturated carbocycles. The summed E-state index contributed by atoms with van der Waals surface area (Å²) in [5.41, 5.74) is 6.06. The van der Waals surface area contributed by atoms with Crippen LogP contribution in [0.15, 0.2) is 30.3 Å². The summed E-state index contributed by atoms with van der Waals surface area (Å²) in [4.78, 5) is 0. The van der Waals surface area contributed by atoms with Crippen molar-refractivity contribution in [3.63, 3.8) is 0 Å². The summed E-state index contributed by atoms with van der Waals surface area (Å²) in [5, 5.41) is 0. The second kappa shape index (κ2) is 4.96. The van der Waals surface area contributed by atoms with Crippen LogP contribution in [-0.2, 0) is 6.42 Å². The van der Waals surface area contributed by atoms with Crippen LogP contribution >= 0.6 is 0 Å². The number of halogens is 1. The van der Waals surface area contributed by atoms with Crippen LogP contribution in [0.5, 0.6) is 0 Å². The molecule has 0 atom stereocenters. The van der Waals surface area contributed by atoms with Crippen molar-refractivity contribution in [2.45, 2.75) is 50.2 Å². The molecular weight excluding hydrogens is 201 g/mol. The maximum absolute atomic E-state index is 14.4. The van der Waals surface area contributed by atoms with E-state index >= 15 is 0 Å². The van der Waals surface area contributed by atoms with Crippen molar-refractivity contribution in [2.24, 2.45) is 5.73 Å². The molecular formula is C14H20FN. The Bertz CT molecular complexity index is 315. The highest BCUT2D eigenvalue weighted by Crippen LogP contribution is 2.35. The first-order chi connectivity index (χ1) is 7.68. The Labute approximate surface area is 96.9 Å². The van der Waals surface area contributed by atoms with Gasteiger partial charge in [0.1, 0.15) is 5.67 Å². The summed E-state index contributed by atoms with van der Waals surface area (Å²) in [6.07, 6.45) is 4.44. The average Bonchev–Trinajstić information content (AvgIpc) is 2.33. The molecule has 16 heavy (non-hydrogen) atoms. The highest BCUT2D eigenvalue weighted by atomic mass is 19.1. The summed E-state index contributed by atoms with van der Waals surface area (Å²) in [6.45, 7) is 0. The highest BCUT2D eigenvalue weighted by Gasteiger charge is 2.33. The number of nitrogens with two attached hydrogens (primary N) is 1. The lowest BCUT2D eigenvalue weighted by Gasteiger charge is -2.32. The SMILES string of the molecule is NC1CCC(F)(CCc2ccccc2)CC1. The van der Waals surface area contributed by atoms with Crippen LogP contribution in [0.2, 0.25) is 0 Å². The molecule has 0 unspecified atom stereocenters. The van der Waals surface area contributed by atoms with Gasteiger partial charge in [0.2, 0.25) is 0 Å².